The number of hydrazine groups is 1. The van der Waals surface area contributed by atoms with Crippen LogP contribution in [0.2, 0.25) is 0 Å². The third-order valence-electron chi connectivity index (χ3n) is 2.76. The SMILES string of the molecule is Cn1nccc1CCNc1cc(C(F)(F)F)nc(NN)n1. The van der Waals surface area contributed by atoms with Gasteiger partial charge in [-0.15, -0.1) is 0 Å². The molecule has 2 heterocycles. The van der Waals surface area contributed by atoms with Crippen molar-refractivity contribution in [3.8, 4) is 0 Å². The highest BCUT2D eigenvalue weighted by Crippen LogP contribution is 2.29. The van der Waals surface area contributed by atoms with Crippen LogP contribution in [-0.2, 0) is 19.6 Å². The maximum Gasteiger partial charge on any atom is 0.433 e. The number of aryl methyl sites for hydroxylation is 1. The van der Waals surface area contributed by atoms with E-state index in [2.05, 4.69) is 20.4 Å². The van der Waals surface area contributed by atoms with Crippen molar-refractivity contribution in [2.45, 2.75) is 12.6 Å². The second kappa shape index (κ2) is 5.95. The summed E-state index contributed by atoms with van der Waals surface area (Å²) in [6.45, 7) is 0.401. The van der Waals surface area contributed by atoms with Gasteiger partial charge in [0, 0.05) is 38.0 Å². The molecule has 0 spiro atoms. The lowest BCUT2D eigenvalue weighted by atomic mass is 10.3. The number of halogens is 3. The molecule has 0 amide bonds. The van der Waals surface area contributed by atoms with Gasteiger partial charge in [0.15, 0.2) is 5.69 Å². The standard InChI is InChI=1S/C11H14F3N7/c1-21-7(3-5-17-21)2-4-16-9-6-8(11(12,13)14)18-10(19-9)20-15/h3,5-6H,2,4,15H2,1H3,(H2,16,18,19,20). The molecule has 0 aromatic carbocycles. The topological polar surface area (TPSA) is 93.7 Å². The Bertz CT molecular complexity index is 608. The van der Waals surface area contributed by atoms with E-state index in [9.17, 15) is 13.2 Å². The van der Waals surface area contributed by atoms with Crippen LogP contribution in [0.3, 0.4) is 0 Å². The van der Waals surface area contributed by atoms with Crippen molar-refractivity contribution in [1.29, 1.82) is 0 Å². The van der Waals surface area contributed by atoms with Gasteiger partial charge in [-0.2, -0.15) is 23.3 Å². The number of nitrogens with one attached hydrogen (secondary N) is 2. The molecule has 2 aromatic heterocycles. The molecule has 0 radical (unpaired) electrons. The lowest BCUT2D eigenvalue weighted by Gasteiger charge is -2.11. The van der Waals surface area contributed by atoms with Crippen LogP contribution in [0.1, 0.15) is 11.4 Å². The Morgan fingerprint density at radius 2 is 2.10 bits per heavy atom. The Hall–Kier alpha value is -2.36. The van der Waals surface area contributed by atoms with Crippen molar-refractivity contribution in [2.24, 2.45) is 12.9 Å². The third kappa shape index (κ3) is 3.81. The Balaban J connectivity index is 2.07. The van der Waals surface area contributed by atoms with Gasteiger partial charge in [0.05, 0.1) is 0 Å². The number of nitrogen functional groups attached to an aromatic ring is 1. The largest absolute Gasteiger partial charge is 0.433 e. The first-order valence-electron chi connectivity index (χ1n) is 6.04. The van der Waals surface area contributed by atoms with Crippen molar-refractivity contribution in [2.75, 3.05) is 17.3 Å². The number of hydrogen-bond acceptors (Lipinski definition) is 6. The van der Waals surface area contributed by atoms with Crippen LogP contribution < -0.4 is 16.6 Å². The smallest absolute Gasteiger partial charge is 0.370 e. The molecular formula is C11H14F3N7. The Morgan fingerprint density at radius 1 is 1.33 bits per heavy atom. The summed E-state index contributed by atoms with van der Waals surface area (Å²) in [4.78, 5) is 7.09. The van der Waals surface area contributed by atoms with E-state index in [-0.39, 0.29) is 11.8 Å². The predicted molar refractivity (Wildman–Crippen MR) is 70.2 cm³/mol. The molecule has 7 nitrogen and oxygen atoms in total. The molecule has 10 heteroatoms. The van der Waals surface area contributed by atoms with Gasteiger partial charge in [-0.1, -0.05) is 0 Å². The minimum absolute atomic E-state index is 0.0486. The lowest BCUT2D eigenvalue weighted by molar-refractivity contribution is -0.141. The summed E-state index contributed by atoms with van der Waals surface area (Å²) in [5.74, 6) is 4.83. The highest BCUT2D eigenvalue weighted by atomic mass is 19.4. The summed E-state index contributed by atoms with van der Waals surface area (Å²) < 4.78 is 39.7. The zero-order chi connectivity index (χ0) is 15.5. The quantitative estimate of drug-likeness (QED) is 0.567. The van der Waals surface area contributed by atoms with Crippen molar-refractivity contribution in [1.82, 2.24) is 19.7 Å². The molecule has 0 atom stereocenters. The van der Waals surface area contributed by atoms with Crippen LogP contribution in [0.5, 0.6) is 0 Å². The fourth-order valence-electron chi connectivity index (χ4n) is 1.71. The van der Waals surface area contributed by atoms with Crippen LogP contribution in [0.4, 0.5) is 24.9 Å². The van der Waals surface area contributed by atoms with Crippen molar-refractivity contribution in [3.63, 3.8) is 0 Å². The Kier molecular flexibility index (Phi) is 4.26. The van der Waals surface area contributed by atoms with Gasteiger partial charge in [-0.25, -0.2) is 10.8 Å². The minimum Gasteiger partial charge on any atom is -0.370 e. The highest BCUT2D eigenvalue weighted by molar-refractivity contribution is 5.42. The Labute approximate surface area is 118 Å². The molecule has 4 N–H and O–H groups in total. The van der Waals surface area contributed by atoms with E-state index >= 15 is 0 Å². The highest BCUT2D eigenvalue weighted by Gasteiger charge is 2.33. The van der Waals surface area contributed by atoms with Crippen LogP contribution in [-0.4, -0.2) is 26.3 Å². The average molecular weight is 301 g/mol. The van der Waals surface area contributed by atoms with Gasteiger partial charge in [-0.3, -0.25) is 10.1 Å². The average Bonchev–Trinajstić information content (AvgIpc) is 2.83. The molecule has 114 valence electrons. The summed E-state index contributed by atoms with van der Waals surface area (Å²) >= 11 is 0. The molecule has 0 aliphatic carbocycles. The molecule has 2 rings (SSSR count). The van der Waals surface area contributed by atoms with Gasteiger partial charge in [0.1, 0.15) is 5.82 Å². The minimum atomic E-state index is -4.56. The second-order valence-corrected chi connectivity index (χ2v) is 4.23. The van der Waals surface area contributed by atoms with Crippen LogP contribution >= 0.6 is 0 Å². The molecule has 0 bridgehead atoms. The van der Waals surface area contributed by atoms with Gasteiger partial charge >= 0.3 is 6.18 Å². The molecule has 0 aliphatic rings. The number of alkyl halides is 3. The molecule has 0 saturated heterocycles. The molecule has 0 unspecified atom stereocenters. The predicted octanol–water partition coefficient (Wildman–Crippen LogP) is 1.17. The summed E-state index contributed by atoms with van der Waals surface area (Å²) in [6.07, 6.45) is -2.32. The third-order valence-corrected chi connectivity index (χ3v) is 2.76. The van der Waals surface area contributed by atoms with Crippen molar-refractivity contribution >= 4 is 11.8 Å². The van der Waals surface area contributed by atoms with E-state index in [0.717, 1.165) is 11.8 Å². The van der Waals surface area contributed by atoms with Gasteiger partial charge in [-0.05, 0) is 6.07 Å². The summed E-state index contributed by atoms with van der Waals surface area (Å²) in [5, 5.41) is 6.81. The zero-order valence-electron chi connectivity index (χ0n) is 11.1. The fourth-order valence-corrected chi connectivity index (χ4v) is 1.71. The lowest BCUT2D eigenvalue weighted by Crippen LogP contribution is -2.17. The van der Waals surface area contributed by atoms with E-state index in [4.69, 9.17) is 5.84 Å². The van der Waals surface area contributed by atoms with Gasteiger partial charge < -0.3 is 5.32 Å². The summed E-state index contributed by atoms with van der Waals surface area (Å²) in [6, 6.07) is 2.67. The first kappa shape index (κ1) is 15.0. The monoisotopic (exact) mass is 301 g/mol. The van der Waals surface area contributed by atoms with Crippen molar-refractivity contribution in [3.05, 3.63) is 29.7 Å². The number of hydrogen-bond donors (Lipinski definition) is 3. The molecule has 0 saturated carbocycles. The van der Waals surface area contributed by atoms with Gasteiger partial charge in [0.25, 0.3) is 0 Å². The van der Waals surface area contributed by atoms with E-state index in [0.29, 0.717) is 13.0 Å². The van der Waals surface area contributed by atoms with Crippen molar-refractivity contribution < 1.29 is 13.2 Å². The maximum atomic E-state index is 12.7. The Morgan fingerprint density at radius 3 is 2.67 bits per heavy atom. The summed E-state index contributed by atoms with van der Waals surface area (Å²) in [7, 11) is 1.79. The normalized spacial score (nSPS) is 11.5. The number of nitrogens with zero attached hydrogens (tertiary/aromatic N) is 4. The van der Waals surface area contributed by atoms with E-state index in [1.165, 1.54) is 0 Å². The van der Waals surface area contributed by atoms with Crippen LogP contribution in [0.25, 0.3) is 0 Å². The molecular weight excluding hydrogens is 287 g/mol. The van der Waals surface area contributed by atoms with Gasteiger partial charge in [0.2, 0.25) is 5.95 Å². The second-order valence-electron chi connectivity index (χ2n) is 4.23. The van der Waals surface area contributed by atoms with Crippen LogP contribution in [0, 0.1) is 0 Å². The first-order valence-corrected chi connectivity index (χ1v) is 6.04. The number of rotatable bonds is 5. The molecule has 21 heavy (non-hydrogen) atoms. The molecule has 0 aliphatic heterocycles. The zero-order valence-corrected chi connectivity index (χ0v) is 11.1. The van der Waals surface area contributed by atoms with Crippen LogP contribution in [0.15, 0.2) is 18.3 Å². The van der Waals surface area contributed by atoms with E-state index < -0.39 is 11.9 Å². The van der Waals surface area contributed by atoms with E-state index in [1.807, 2.05) is 11.5 Å². The van der Waals surface area contributed by atoms with E-state index in [1.54, 1.807) is 17.9 Å². The number of aromatic nitrogens is 4. The molecule has 2 aromatic rings. The summed E-state index contributed by atoms with van der Waals surface area (Å²) in [5.41, 5.74) is 1.90. The number of nitrogens with two attached hydrogens (primary N) is 1. The fraction of sp³-hybridized carbons (Fsp3) is 0.364. The maximum absolute atomic E-state index is 12.7. The molecule has 0 fully saturated rings. The first-order chi connectivity index (χ1) is 9.90. The number of anilines is 2.